The Kier molecular flexibility index (Phi) is 7.65. The molecule has 0 unspecified atom stereocenters. The summed E-state index contributed by atoms with van der Waals surface area (Å²) >= 11 is 0. The van der Waals surface area contributed by atoms with E-state index in [4.69, 9.17) is 10.7 Å². The van der Waals surface area contributed by atoms with Crippen molar-refractivity contribution in [1.29, 1.82) is 0 Å². The lowest BCUT2D eigenvalue weighted by Crippen LogP contribution is -2.43. The van der Waals surface area contributed by atoms with Crippen molar-refractivity contribution in [2.24, 2.45) is 11.7 Å². The molecular formula is C29H34N6O2. The fourth-order valence-electron chi connectivity index (χ4n) is 5.18. The second-order valence-electron chi connectivity index (χ2n) is 9.79. The Bertz CT molecular complexity index is 1220. The molecule has 4 N–H and O–H groups in total. The van der Waals surface area contributed by atoms with Gasteiger partial charge in [-0.2, -0.15) is 0 Å². The molecule has 3 aromatic rings. The maximum Gasteiger partial charge on any atom is 0.252 e. The SMILES string of the molecule is NC(=O)c1ccc(N2CCC[C@@H](CC(=O)c3ccccc3)C2)nc1Nc1ccc(N2CCNCC2)cc1. The summed E-state index contributed by atoms with van der Waals surface area (Å²) in [5.41, 5.74) is 8.80. The monoisotopic (exact) mass is 498 g/mol. The molecule has 0 radical (unpaired) electrons. The van der Waals surface area contributed by atoms with Crippen LogP contribution in [0.1, 0.15) is 40.0 Å². The Balaban J connectivity index is 1.29. The van der Waals surface area contributed by atoms with E-state index in [1.54, 1.807) is 6.07 Å². The van der Waals surface area contributed by atoms with E-state index >= 15 is 0 Å². The molecule has 0 saturated carbocycles. The third-order valence-corrected chi connectivity index (χ3v) is 7.17. The number of rotatable bonds is 8. The van der Waals surface area contributed by atoms with Crippen LogP contribution in [0.15, 0.2) is 66.7 Å². The average Bonchev–Trinajstić information content (AvgIpc) is 2.94. The third-order valence-electron chi connectivity index (χ3n) is 7.17. The molecule has 0 spiro atoms. The molecule has 5 rings (SSSR count). The number of nitrogens with two attached hydrogens (primary N) is 1. The van der Waals surface area contributed by atoms with Crippen molar-refractivity contribution in [3.05, 3.63) is 77.9 Å². The topological polar surface area (TPSA) is 104 Å². The highest BCUT2D eigenvalue weighted by atomic mass is 16.1. The van der Waals surface area contributed by atoms with Crippen molar-refractivity contribution in [3.63, 3.8) is 0 Å². The van der Waals surface area contributed by atoms with Crippen molar-refractivity contribution < 1.29 is 9.59 Å². The number of piperidine rings is 1. The Morgan fingerprint density at radius 2 is 1.70 bits per heavy atom. The number of amides is 1. The first-order valence-corrected chi connectivity index (χ1v) is 13.0. The lowest BCUT2D eigenvalue weighted by Gasteiger charge is -2.33. The predicted molar refractivity (Wildman–Crippen MR) is 148 cm³/mol. The number of pyridine rings is 1. The highest BCUT2D eigenvalue weighted by Crippen LogP contribution is 2.29. The molecule has 1 amide bonds. The number of nitrogens with zero attached hydrogens (tertiary/aromatic N) is 3. The van der Waals surface area contributed by atoms with Crippen molar-refractivity contribution in [2.75, 3.05) is 54.4 Å². The van der Waals surface area contributed by atoms with Crippen LogP contribution in [0.2, 0.25) is 0 Å². The van der Waals surface area contributed by atoms with Gasteiger partial charge in [0, 0.05) is 62.6 Å². The van der Waals surface area contributed by atoms with Gasteiger partial charge in [0.05, 0.1) is 5.56 Å². The summed E-state index contributed by atoms with van der Waals surface area (Å²) in [5.74, 6) is 1.14. The molecule has 37 heavy (non-hydrogen) atoms. The van der Waals surface area contributed by atoms with Gasteiger partial charge in [0.2, 0.25) is 0 Å². The standard InChI is InChI=1S/C29H34N6O2/c30-28(37)25-12-13-27(35-16-4-5-21(20-35)19-26(36)22-6-2-1-3-7-22)33-29(25)32-23-8-10-24(11-9-23)34-17-14-31-15-18-34/h1-3,6-13,21,31H,4-5,14-20H2,(H2,30,37)(H,32,33)/t21-/m0/s1. The van der Waals surface area contributed by atoms with Gasteiger partial charge in [-0.15, -0.1) is 0 Å². The van der Waals surface area contributed by atoms with E-state index in [1.807, 2.05) is 48.5 Å². The second-order valence-corrected chi connectivity index (χ2v) is 9.79. The summed E-state index contributed by atoms with van der Waals surface area (Å²) in [5, 5.41) is 6.68. The minimum atomic E-state index is -0.524. The number of hydrogen-bond donors (Lipinski definition) is 3. The maximum absolute atomic E-state index is 12.8. The zero-order valence-corrected chi connectivity index (χ0v) is 21.0. The van der Waals surface area contributed by atoms with E-state index in [-0.39, 0.29) is 11.7 Å². The highest BCUT2D eigenvalue weighted by Gasteiger charge is 2.24. The maximum atomic E-state index is 12.8. The van der Waals surface area contributed by atoms with E-state index in [1.165, 1.54) is 5.69 Å². The zero-order chi connectivity index (χ0) is 25.6. The van der Waals surface area contributed by atoms with E-state index in [2.05, 4.69) is 32.6 Å². The molecule has 0 bridgehead atoms. The lowest BCUT2D eigenvalue weighted by molar-refractivity contribution is 0.0955. The molecule has 1 atom stereocenters. The van der Waals surface area contributed by atoms with Gasteiger partial charge in [0.25, 0.3) is 5.91 Å². The molecule has 2 aromatic carbocycles. The van der Waals surface area contributed by atoms with Gasteiger partial charge >= 0.3 is 0 Å². The molecule has 2 fully saturated rings. The minimum absolute atomic E-state index is 0.177. The van der Waals surface area contributed by atoms with Crippen LogP contribution in [0.5, 0.6) is 0 Å². The fraction of sp³-hybridized carbons (Fsp3) is 0.345. The van der Waals surface area contributed by atoms with Gasteiger partial charge in [-0.3, -0.25) is 9.59 Å². The second kappa shape index (κ2) is 11.4. The Morgan fingerprint density at radius 1 is 0.946 bits per heavy atom. The quantitative estimate of drug-likeness (QED) is 0.406. The minimum Gasteiger partial charge on any atom is -0.369 e. The number of primary amides is 1. The first-order valence-electron chi connectivity index (χ1n) is 13.0. The van der Waals surface area contributed by atoms with Crippen LogP contribution < -0.4 is 26.2 Å². The van der Waals surface area contributed by atoms with E-state index in [0.29, 0.717) is 17.8 Å². The summed E-state index contributed by atoms with van der Waals surface area (Å²) in [6, 6.07) is 21.2. The third kappa shape index (κ3) is 6.09. The van der Waals surface area contributed by atoms with Crippen LogP contribution >= 0.6 is 0 Å². The average molecular weight is 499 g/mol. The summed E-state index contributed by atoms with van der Waals surface area (Å²) in [6.45, 7) is 5.54. The van der Waals surface area contributed by atoms with Crippen molar-refractivity contribution >= 4 is 34.7 Å². The number of carbonyl (C=O) groups excluding carboxylic acids is 2. The summed E-state index contributed by atoms with van der Waals surface area (Å²) < 4.78 is 0. The van der Waals surface area contributed by atoms with Crippen molar-refractivity contribution in [1.82, 2.24) is 10.3 Å². The van der Waals surface area contributed by atoms with E-state index in [9.17, 15) is 9.59 Å². The van der Waals surface area contributed by atoms with Crippen LogP contribution in [-0.4, -0.2) is 55.9 Å². The van der Waals surface area contributed by atoms with Gasteiger partial charge in [0.1, 0.15) is 11.6 Å². The molecule has 2 saturated heterocycles. The number of nitrogens with one attached hydrogen (secondary N) is 2. The summed E-state index contributed by atoms with van der Waals surface area (Å²) in [4.78, 5) is 34.3. The largest absolute Gasteiger partial charge is 0.369 e. The van der Waals surface area contributed by atoms with Gasteiger partial charge in [-0.1, -0.05) is 30.3 Å². The predicted octanol–water partition coefficient (Wildman–Crippen LogP) is 3.82. The molecular weight excluding hydrogens is 464 g/mol. The number of Topliss-reactive ketones (excluding diaryl/α,β-unsaturated/α-hetero) is 1. The number of piperazine rings is 1. The first kappa shape index (κ1) is 24.8. The number of ketones is 1. The Morgan fingerprint density at radius 3 is 2.43 bits per heavy atom. The molecule has 0 aliphatic carbocycles. The molecule has 2 aliphatic rings. The van der Waals surface area contributed by atoms with Gasteiger partial charge in [-0.25, -0.2) is 4.98 Å². The van der Waals surface area contributed by atoms with Gasteiger partial charge < -0.3 is 26.2 Å². The van der Waals surface area contributed by atoms with Crippen LogP contribution in [0.4, 0.5) is 23.0 Å². The molecule has 3 heterocycles. The van der Waals surface area contributed by atoms with Crippen LogP contribution in [-0.2, 0) is 0 Å². The number of benzene rings is 2. The number of carbonyl (C=O) groups is 2. The Hall–Kier alpha value is -3.91. The first-order chi connectivity index (χ1) is 18.1. The lowest BCUT2D eigenvalue weighted by atomic mass is 9.91. The van der Waals surface area contributed by atoms with Gasteiger partial charge in [0.15, 0.2) is 5.78 Å². The zero-order valence-electron chi connectivity index (χ0n) is 21.0. The number of anilines is 4. The summed E-state index contributed by atoms with van der Waals surface area (Å²) in [7, 11) is 0. The molecule has 2 aliphatic heterocycles. The fourth-order valence-corrected chi connectivity index (χ4v) is 5.18. The molecule has 8 heteroatoms. The number of hydrogen-bond acceptors (Lipinski definition) is 7. The van der Waals surface area contributed by atoms with Crippen molar-refractivity contribution in [2.45, 2.75) is 19.3 Å². The van der Waals surface area contributed by atoms with Crippen LogP contribution in [0, 0.1) is 5.92 Å². The van der Waals surface area contributed by atoms with E-state index in [0.717, 1.165) is 69.2 Å². The van der Waals surface area contributed by atoms with Gasteiger partial charge in [-0.05, 0) is 55.2 Å². The van der Waals surface area contributed by atoms with Crippen LogP contribution in [0.3, 0.4) is 0 Å². The molecule has 8 nitrogen and oxygen atoms in total. The van der Waals surface area contributed by atoms with E-state index < -0.39 is 5.91 Å². The van der Waals surface area contributed by atoms with Crippen molar-refractivity contribution in [3.8, 4) is 0 Å². The normalized spacial score (nSPS) is 17.9. The molecule has 192 valence electrons. The summed E-state index contributed by atoms with van der Waals surface area (Å²) in [6.07, 6.45) is 2.52. The van der Waals surface area contributed by atoms with Crippen LogP contribution in [0.25, 0.3) is 0 Å². The number of aromatic nitrogens is 1. The Labute approximate surface area is 217 Å². The molecule has 1 aromatic heterocycles. The highest BCUT2D eigenvalue weighted by molar-refractivity contribution is 5.98. The smallest absolute Gasteiger partial charge is 0.252 e.